The van der Waals surface area contributed by atoms with Crippen LogP contribution in [0.5, 0.6) is 0 Å². The average molecular weight is 333 g/mol. The van der Waals surface area contributed by atoms with Crippen molar-refractivity contribution in [3.8, 4) is 0 Å². The van der Waals surface area contributed by atoms with Crippen LogP contribution in [0.15, 0.2) is 29.8 Å². The van der Waals surface area contributed by atoms with E-state index in [-0.39, 0.29) is 6.54 Å². The van der Waals surface area contributed by atoms with E-state index in [0.717, 1.165) is 12.1 Å². The molecule has 0 bridgehead atoms. The molecule has 1 aromatic carbocycles. The highest BCUT2D eigenvalue weighted by molar-refractivity contribution is 7.09. The molecule has 1 aromatic heterocycles. The first-order chi connectivity index (χ1) is 10.3. The molecule has 0 fully saturated rings. The van der Waals surface area contributed by atoms with Gasteiger partial charge in [0.25, 0.3) is 0 Å². The van der Waals surface area contributed by atoms with Crippen molar-refractivity contribution in [2.75, 3.05) is 12.4 Å². The van der Waals surface area contributed by atoms with Crippen molar-refractivity contribution in [1.82, 2.24) is 9.88 Å². The van der Waals surface area contributed by atoms with Gasteiger partial charge in [0.1, 0.15) is 10.8 Å². The van der Waals surface area contributed by atoms with Gasteiger partial charge in [-0.15, -0.1) is 11.3 Å². The van der Waals surface area contributed by atoms with E-state index in [1.807, 2.05) is 0 Å². The summed E-state index contributed by atoms with van der Waals surface area (Å²) < 4.78 is 51.5. The first-order valence-corrected chi connectivity index (χ1v) is 6.92. The molecule has 0 unspecified atom stereocenters. The van der Waals surface area contributed by atoms with Gasteiger partial charge in [-0.3, -0.25) is 0 Å². The molecule has 2 amide bonds. The highest BCUT2D eigenvalue weighted by Crippen LogP contribution is 2.35. The number of carbonyl (C=O) groups excluding carboxylic acids is 1. The fourth-order valence-electron chi connectivity index (χ4n) is 1.68. The molecule has 0 spiro atoms. The number of nitrogens with one attached hydrogen (secondary N) is 1. The average Bonchev–Trinajstić information content (AvgIpc) is 2.92. The number of nitrogens with zero attached hydrogens (tertiary/aromatic N) is 2. The van der Waals surface area contributed by atoms with Crippen LogP contribution in [-0.4, -0.2) is 23.0 Å². The predicted octanol–water partition coefficient (Wildman–Crippen LogP) is 3.96. The molecule has 0 aliphatic carbocycles. The Morgan fingerprint density at radius 1 is 1.41 bits per heavy atom. The van der Waals surface area contributed by atoms with Crippen molar-refractivity contribution in [1.29, 1.82) is 0 Å². The lowest BCUT2D eigenvalue weighted by Gasteiger charge is -2.19. The molecule has 2 rings (SSSR count). The monoisotopic (exact) mass is 333 g/mol. The second-order valence-electron chi connectivity index (χ2n) is 4.40. The van der Waals surface area contributed by atoms with Gasteiger partial charge >= 0.3 is 12.2 Å². The molecule has 0 aliphatic heterocycles. The molecule has 22 heavy (non-hydrogen) atoms. The maximum absolute atomic E-state index is 13.0. The van der Waals surface area contributed by atoms with Crippen LogP contribution in [0.3, 0.4) is 0 Å². The van der Waals surface area contributed by atoms with Crippen molar-refractivity contribution >= 4 is 23.1 Å². The molecule has 4 nitrogen and oxygen atoms in total. The van der Waals surface area contributed by atoms with Crippen LogP contribution >= 0.6 is 11.3 Å². The quantitative estimate of drug-likeness (QED) is 0.864. The summed E-state index contributed by atoms with van der Waals surface area (Å²) in [6, 6.07) is 1.34. The Morgan fingerprint density at radius 3 is 2.73 bits per heavy atom. The van der Waals surface area contributed by atoms with E-state index in [0.29, 0.717) is 11.1 Å². The normalized spacial score (nSPS) is 11.3. The lowest BCUT2D eigenvalue weighted by Crippen LogP contribution is -2.31. The molecule has 1 heterocycles. The van der Waals surface area contributed by atoms with E-state index in [2.05, 4.69) is 10.3 Å². The predicted molar refractivity (Wildman–Crippen MR) is 74.0 cm³/mol. The van der Waals surface area contributed by atoms with Crippen molar-refractivity contribution in [2.24, 2.45) is 0 Å². The topological polar surface area (TPSA) is 45.2 Å². The van der Waals surface area contributed by atoms with Crippen LogP contribution in [0.4, 0.5) is 28.0 Å². The van der Waals surface area contributed by atoms with Gasteiger partial charge in [0, 0.05) is 18.6 Å². The van der Waals surface area contributed by atoms with Gasteiger partial charge in [-0.2, -0.15) is 13.2 Å². The van der Waals surface area contributed by atoms with E-state index < -0.39 is 29.3 Å². The lowest BCUT2D eigenvalue weighted by atomic mass is 10.1. The van der Waals surface area contributed by atoms with E-state index in [4.69, 9.17) is 0 Å². The Labute approximate surface area is 127 Å². The molecular formula is C13H11F4N3OS. The molecule has 0 atom stereocenters. The second-order valence-corrected chi connectivity index (χ2v) is 5.38. The summed E-state index contributed by atoms with van der Waals surface area (Å²) in [6.45, 7) is 0.159. The number of hydrogen-bond acceptors (Lipinski definition) is 3. The highest BCUT2D eigenvalue weighted by Gasteiger charge is 2.34. The van der Waals surface area contributed by atoms with Crippen molar-refractivity contribution in [3.63, 3.8) is 0 Å². The lowest BCUT2D eigenvalue weighted by molar-refractivity contribution is -0.137. The second kappa shape index (κ2) is 6.30. The molecule has 0 radical (unpaired) electrons. The number of thiazole rings is 1. The van der Waals surface area contributed by atoms with Crippen LogP contribution in [-0.2, 0) is 12.7 Å². The van der Waals surface area contributed by atoms with Gasteiger partial charge in [0.05, 0.1) is 17.8 Å². The highest BCUT2D eigenvalue weighted by atomic mass is 32.1. The van der Waals surface area contributed by atoms with Crippen LogP contribution in [0.1, 0.15) is 10.6 Å². The maximum atomic E-state index is 13.0. The summed E-state index contributed by atoms with van der Waals surface area (Å²) >= 11 is 1.32. The Balaban J connectivity index is 2.14. The first-order valence-electron chi connectivity index (χ1n) is 6.04. The van der Waals surface area contributed by atoms with Gasteiger partial charge in [0.15, 0.2) is 0 Å². The minimum Gasteiger partial charge on any atom is -0.321 e. The van der Waals surface area contributed by atoms with Gasteiger partial charge in [-0.25, -0.2) is 14.2 Å². The fraction of sp³-hybridized carbons (Fsp3) is 0.231. The summed E-state index contributed by atoms with van der Waals surface area (Å²) in [5, 5.41) is 4.50. The Bertz CT molecular complexity index is 658. The number of benzene rings is 1. The first kappa shape index (κ1) is 16.2. The summed E-state index contributed by atoms with van der Waals surface area (Å²) in [6.07, 6.45) is -3.20. The van der Waals surface area contributed by atoms with Crippen LogP contribution < -0.4 is 5.32 Å². The van der Waals surface area contributed by atoms with Gasteiger partial charge in [0.2, 0.25) is 0 Å². The molecule has 2 aromatic rings. The molecule has 0 saturated carbocycles. The minimum absolute atomic E-state index is 0.159. The number of urea groups is 1. The van der Waals surface area contributed by atoms with E-state index in [9.17, 15) is 22.4 Å². The van der Waals surface area contributed by atoms with Gasteiger partial charge in [-0.05, 0) is 18.2 Å². The number of anilines is 1. The van der Waals surface area contributed by atoms with Crippen molar-refractivity contribution in [3.05, 3.63) is 46.2 Å². The van der Waals surface area contributed by atoms with Gasteiger partial charge in [-0.1, -0.05) is 0 Å². The zero-order valence-corrected chi connectivity index (χ0v) is 12.1. The number of rotatable bonds is 3. The maximum Gasteiger partial charge on any atom is 0.418 e. The summed E-state index contributed by atoms with van der Waals surface area (Å²) in [4.78, 5) is 17.1. The van der Waals surface area contributed by atoms with Crippen LogP contribution in [0.2, 0.25) is 0 Å². The third-order valence-electron chi connectivity index (χ3n) is 2.73. The third-order valence-corrected chi connectivity index (χ3v) is 3.50. The van der Waals surface area contributed by atoms with Crippen LogP contribution in [0, 0.1) is 5.82 Å². The van der Waals surface area contributed by atoms with E-state index in [1.165, 1.54) is 23.3 Å². The molecule has 0 aliphatic rings. The summed E-state index contributed by atoms with van der Waals surface area (Å²) in [5.74, 6) is -1.03. The Hall–Kier alpha value is -2.16. The molecule has 1 N–H and O–H groups in total. The molecular weight excluding hydrogens is 322 g/mol. The largest absolute Gasteiger partial charge is 0.418 e. The molecule has 118 valence electrons. The van der Waals surface area contributed by atoms with Crippen molar-refractivity contribution < 1.29 is 22.4 Å². The molecule has 9 heteroatoms. The SMILES string of the molecule is CN(Cc1nccs1)C(=O)Nc1ccc(F)cc1C(F)(F)F. The Morgan fingerprint density at radius 2 is 2.14 bits per heavy atom. The minimum atomic E-state index is -4.77. The number of carbonyl (C=O) groups is 1. The number of alkyl halides is 3. The van der Waals surface area contributed by atoms with Crippen LogP contribution in [0.25, 0.3) is 0 Å². The molecule has 0 saturated heterocycles. The number of halogens is 4. The third kappa shape index (κ3) is 3.94. The number of aromatic nitrogens is 1. The zero-order chi connectivity index (χ0) is 16.3. The van der Waals surface area contributed by atoms with Crippen molar-refractivity contribution in [2.45, 2.75) is 12.7 Å². The van der Waals surface area contributed by atoms with E-state index >= 15 is 0 Å². The van der Waals surface area contributed by atoms with E-state index in [1.54, 1.807) is 11.6 Å². The summed E-state index contributed by atoms with van der Waals surface area (Å²) in [5.41, 5.74) is -1.73. The zero-order valence-electron chi connectivity index (χ0n) is 11.3. The number of hydrogen-bond donors (Lipinski definition) is 1. The smallest absolute Gasteiger partial charge is 0.321 e. The summed E-state index contributed by atoms with van der Waals surface area (Å²) in [7, 11) is 1.42. The van der Waals surface area contributed by atoms with Gasteiger partial charge < -0.3 is 10.2 Å². The Kier molecular flexibility index (Phi) is 4.65. The fourth-order valence-corrected chi connectivity index (χ4v) is 2.35. The standard InChI is InChI=1S/C13H11F4N3OS/c1-20(7-11-18-4-5-22-11)12(21)19-10-3-2-8(14)6-9(10)13(15,16)17/h2-6H,7H2,1H3,(H,19,21). The number of amides is 2.